The van der Waals surface area contributed by atoms with Gasteiger partial charge in [-0.25, -0.2) is 9.18 Å². The molecule has 0 aliphatic carbocycles. The summed E-state index contributed by atoms with van der Waals surface area (Å²) >= 11 is 1.02. The Bertz CT molecular complexity index is 928. The van der Waals surface area contributed by atoms with Gasteiger partial charge in [-0.05, 0) is 30.7 Å². The fraction of sp³-hybridized carbons (Fsp3) is 0.188. The van der Waals surface area contributed by atoms with Crippen molar-refractivity contribution in [3.8, 4) is 0 Å². The summed E-state index contributed by atoms with van der Waals surface area (Å²) < 4.78 is 19.4. The number of esters is 1. The molecule has 2 aromatic rings. The second kappa shape index (κ2) is 7.69. The molecule has 2 N–H and O–H groups in total. The number of benzene rings is 1. The van der Waals surface area contributed by atoms with Gasteiger partial charge in [0.25, 0.3) is 5.56 Å². The largest absolute Gasteiger partial charge is 0.463 e. The van der Waals surface area contributed by atoms with Crippen LogP contribution >= 0.6 is 11.3 Å². The van der Waals surface area contributed by atoms with Gasteiger partial charge in [0.2, 0.25) is 5.91 Å². The first-order chi connectivity index (χ1) is 11.4. The maximum Gasteiger partial charge on any atom is 0.333 e. The fourth-order valence-electron chi connectivity index (χ4n) is 1.94. The van der Waals surface area contributed by atoms with Crippen LogP contribution in [0.2, 0.25) is 0 Å². The Morgan fingerprint density at radius 3 is 2.58 bits per heavy atom. The molecule has 0 saturated carbocycles. The van der Waals surface area contributed by atoms with Gasteiger partial charge in [-0.1, -0.05) is 12.1 Å². The highest BCUT2D eigenvalue weighted by atomic mass is 32.1. The van der Waals surface area contributed by atoms with Crippen LogP contribution in [-0.4, -0.2) is 23.1 Å². The van der Waals surface area contributed by atoms with Crippen LogP contribution in [0.1, 0.15) is 12.5 Å². The predicted octanol–water partition coefficient (Wildman–Crippen LogP) is -0.293. The van der Waals surface area contributed by atoms with E-state index < -0.39 is 17.4 Å². The predicted molar refractivity (Wildman–Crippen MR) is 88.1 cm³/mol. The zero-order chi connectivity index (χ0) is 17.7. The zero-order valence-corrected chi connectivity index (χ0v) is 13.6. The number of hydrogen-bond donors (Lipinski definition) is 1. The molecule has 24 heavy (non-hydrogen) atoms. The molecule has 0 aliphatic heterocycles. The van der Waals surface area contributed by atoms with E-state index in [0.29, 0.717) is 10.1 Å². The van der Waals surface area contributed by atoms with E-state index in [-0.39, 0.29) is 23.6 Å². The number of thiazole rings is 1. The Morgan fingerprint density at radius 1 is 1.33 bits per heavy atom. The third-order valence-corrected chi connectivity index (χ3v) is 4.01. The summed E-state index contributed by atoms with van der Waals surface area (Å²) in [6, 6.07) is 5.57. The Labute approximate surface area is 140 Å². The molecule has 0 atom stereocenters. The van der Waals surface area contributed by atoms with E-state index in [1.807, 2.05) is 0 Å². The molecule has 0 aliphatic rings. The van der Waals surface area contributed by atoms with Gasteiger partial charge < -0.3 is 10.5 Å². The van der Waals surface area contributed by atoms with Crippen molar-refractivity contribution in [2.24, 2.45) is 5.73 Å². The Morgan fingerprint density at radius 2 is 2.00 bits per heavy atom. The fourth-order valence-corrected chi connectivity index (χ4v) is 2.97. The topological polar surface area (TPSA) is 91.4 Å². The number of halogens is 1. The normalized spacial score (nSPS) is 12.4. The van der Waals surface area contributed by atoms with Gasteiger partial charge in [-0.15, -0.1) is 11.3 Å². The molecular weight excluding hydrogens is 335 g/mol. The number of rotatable bonds is 5. The highest BCUT2D eigenvalue weighted by molar-refractivity contribution is 7.07. The van der Waals surface area contributed by atoms with Crippen molar-refractivity contribution in [2.45, 2.75) is 13.5 Å². The van der Waals surface area contributed by atoms with E-state index >= 15 is 0 Å². The van der Waals surface area contributed by atoms with Crippen LogP contribution in [0.15, 0.2) is 29.1 Å². The molecule has 0 fully saturated rings. The number of carbonyl (C=O) groups is 2. The summed E-state index contributed by atoms with van der Waals surface area (Å²) in [7, 11) is 0. The molecule has 0 saturated heterocycles. The summed E-state index contributed by atoms with van der Waals surface area (Å²) in [5, 5.41) is 0. The minimum Gasteiger partial charge on any atom is -0.463 e. The Hall–Kier alpha value is -2.74. The number of ether oxygens (including phenoxy) is 1. The van der Waals surface area contributed by atoms with Gasteiger partial charge >= 0.3 is 5.97 Å². The van der Waals surface area contributed by atoms with Crippen molar-refractivity contribution in [1.29, 1.82) is 0 Å². The lowest BCUT2D eigenvalue weighted by Gasteiger charge is -1.98. The molecule has 1 aromatic heterocycles. The van der Waals surface area contributed by atoms with E-state index in [1.54, 1.807) is 13.0 Å². The third kappa shape index (κ3) is 4.39. The van der Waals surface area contributed by atoms with Crippen LogP contribution < -0.4 is 20.5 Å². The first-order valence-corrected chi connectivity index (χ1v) is 7.86. The van der Waals surface area contributed by atoms with Crippen LogP contribution in [0, 0.1) is 5.82 Å². The van der Waals surface area contributed by atoms with Gasteiger partial charge in [-0.3, -0.25) is 14.2 Å². The second-order valence-corrected chi connectivity index (χ2v) is 5.82. The van der Waals surface area contributed by atoms with Crippen LogP contribution in [0.3, 0.4) is 0 Å². The Kier molecular flexibility index (Phi) is 5.64. The lowest BCUT2D eigenvalue weighted by atomic mass is 10.2. The first-order valence-electron chi connectivity index (χ1n) is 7.04. The summed E-state index contributed by atoms with van der Waals surface area (Å²) in [4.78, 5) is 35.2. The van der Waals surface area contributed by atoms with E-state index in [9.17, 15) is 18.8 Å². The molecule has 1 aromatic carbocycles. The Balaban J connectivity index is 2.60. The van der Waals surface area contributed by atoms with Crippen molar-refractivity contribution in [3.05, 3.63) is 55.2 Å². The number of hydrogen-bond acceptors (Lipinski definition) is 5. The van der Waals surface area contributed by atoms with Crippen molar-refractivity contribution in [2.75, 3.05) is 6.61 Å². The SMILES string of the molecule is CCOC(=O)/C=c1/s/c(=C/c2ccc(F)cc2)c(=O)n1CC(N)=O. The van der Waals surface area contributed by atoms with Crippen molar-refractivity contribution >= 4 is 35.4 Å². The molecule has 0 unspecified atom stereocenters. The van der Waals surface area contributed by atoms with E-state index in [2.05, 4.69) is 0 Å². The molecule has 0 radical (unpaired) electrons. The average Bonchev–Trinajstić information content (AvgIpc) is 2.78. The summed E-state index contributed by atoms with van der Waals surface area (Å²) in [5.74, 6) is -1.71. The molecule has 1 amide bonds. The monoisotopic (exact) mass is 350 g/mol. The molecule has 0 bridgehead atoms. The maximum atomic E-state index is 12.9. The highest BCUT2D eigenvalue weighted by Crippen LogP contribution is 2.02. The first kappa shape index (κ1) is 17.6. The zero-order valence-electron chi connectivity index (χ0n) is 12.8. The van der Waals surface area contributed by atoms with Gasteiger partial charge in [0, 0.05) is 0 Å². The lowest BCUT2D eigenvalue weighted by Crippen LogP contribution is -2.36. The highest BCUT2D eigenvalue weighted by Gasteiger charge is 2.09. The molecule has 2 rings (SSSR count). The number of nitrogens with zero attached hydrogens (tertiary/aromatic N) is 1. The minimum atomic E-state index is -0.707. The van der Waals surface area contributed by atoms with Crippen LogP contribution in [-0.2, 0) is 20.9 Å². The van der Waals surface area contributed by atoms with Crippen molar-refractivity contribution < 1.29 is 18.7 Å². The number of primary amides is 1. The third-order valence-electron chi connectivity index (χ3n) is 2.95. The van der Waals surface area contributed by atoms with E-state index in [0.717, 1.165) is 22.0 Å². The maximum absolute atomic E-state index is 12.9. The number of aromatic nitrogens is 1. The molecule has 0 spiro atoms. The molecular formula is C16H15FN2O4S. The number of amides is 1. The van der Waals surface area contributed by atoms with E-state index in [4.69, 9.17) is 10.5 Å². The van der Waals surface area contributed by atoms with Crippen LogP contribution in [0.4, 0.5) is 4.39 Å². The van der Waals surface area contributed by atoms with Crippen LogP contribution in [0.5, 0.6) is 0 Å². The standard InChI is InChI=1S/C16H15FN2O4S/c1-2-23-15(21)8-14-19(9-13(18)20)16(22)12(24-14)7-10-3-5-11(17)6-4-10/h3-8H,2,9H2,1H3,(H2,18,20)/b12-7+,14-8+. The second-order valence-electron chi connectivity index (χ2n) is 4.75. The quantitative estimate of drug-likeness (QED) is 0.750. The van der Waals surface area contributed by atoms with Gasteiger partial charge in [0.1, 0.15) is 17.0 Å². The van der Waals surface area contributed by atoms with Gasteiger partial charge in [0.15, 0.2) is 0 Å². The van der Waals surface area contributed by atoms with Crippen molar-refractivity contribution in [3.63, 3.8) is 0 Å². The number of carbonyl (C=O) groups excluding carboxylic acids is 2. The minimum absolute atomic E-state index is 0.190. The lowest BCUT2D eigenvalue weighted by molar-refractivity contribution is -0.135. The summed E-state index contributed by atoms with van der Waals surface area (Å²) in [6.45, 7) is 1.50. The molecule has 8 heteroatoms. The smallest absolute Gasteiger partial charge is 0.333 e. The van der Waals surface area contributed by atoms with E-state index in [1.165, 1.54) is 24.3 Å². The van der Waals surface area contributed by atoms with Gasteiger partial charge in [0.05, 0.1) is 17.2 Å². The van der Waals surface area contributed by atoms with Crippen molar-refractivity contribution in [1.82, 2.24) is 4.57 Å². The average molecular weight is 350 g/mol. The molecule has 1 heterocycles. The van der Waals surface area contributed by atoms with Gasteiger partial charge in [-0.2, -0.15) is 0 Å². The summed E-state index contributed by atoms with van der Waals surface area (Å²) in [6.07, 6.45) is 2.69. The summed E-state index contributed by atoms with van der Waals surface area (Å²) in [5.41, 5.74) is 5.31. The molecule has 6 nitrogen and oxygen atoms in total. The molecule has 126 valence electrons. The van der Waals surface area contributed by atoms with Crippen LogP contribution in [0.25, 0.3) is 12.2 Å². The number of nitrogens with two attached hydrogens (primary N) is 1.